The number of fused-ring (bicyclic) bond motifs is 6. The van der Waals surface area contributed by atoms with Gasteiger partial charge in [-0.25, -0.2) is 8.42 Å². The van der Waals surface area contributed by atoms with Gasteiger partial charge in [-0.2, -0.15) is 0 Å². The highest BCUT2D eigenvalue weighted by atomic mass is 32.2. The summed E-state index contributed by atoms with van der Waals surface area (Å²) >= 11 is 0. The van der Waals surface area contributed by atoms with Gasteiger partial charge in [0.2, 0.25) is 0 Å². The molecule has 1 fully saturated rings. The largest absolute Gasteiger partial charge is 0.456 e. The number of sulfonamides is 1. The van der Waals surface area contributed by atoms with Crippen molar-refractivity contribution in [2.75, 3.05) is 13.2 Å². The first-order valence-corrected chi connectivity index (χ1v) is 21.7. The van der Waals surface area contributed by atoms with Crippen molar-refractivity contribution in [3.8, 4) is 0 Å². The van der Waals surface area contributed by atoms with Crippen molar-refractivity contribution in [1.82, 2.24) is 0 Å². The fourth-order valence-corrected chi connectivity index (χ4v) is 7.45. The van der Waals surface area contributed by atoms with E-state index in [2.05, 4.69) is 38.5 Å². The maximum absolute atomic E-state index is 11.6. The molecule has 0 aliphatic carbocycles. The summed E-state index contributed by atoms with van der Waals surface area (Å²) in [6.07, 6.45) is 16.6. The van der Waals surface area contributed by atoms with Gasteiger partial charge in [-0.05, 0) is 78.7 Å². The Hall–Kier alpha value is -5.77. The van der Waals surface area contributed by atoms with E-state index in [9.17, 15) is 8.42 Å². The zero-order chi connectivity index (χ0) is 40.8. The average Bonchev–Trinajstić information content (AvgIpc) is 4.04. The maximum atomic E-state index is 11.6. The first-order valence-electron chi connectivity index (χ1n) is 20.2. The van der Waals surface area contributed by atoms with Crippen LogP contribution in [0.3, 0.4) is 0 Å². The van der Waals surface area contributed by atoms with Crippen molar-refractivity contribution in [2.45, 2.75) is 95.3 Å². The van der Waals surface area contributed by atoms with Crippen molar-refractivity contribution < 1.29 is 22.0 Å². The number of nitrogens with zero attached hydrogens (tertiary/aromatic N) is 6. The molecule has 0 radical (unpaired) electrons. The third-order valence-electron chi connectivity index (χ3n) is 9.83. The highest BCUT2D eigenvalue weighted by Crippen LogP contribution is 2.34. The van der Waals surface area contributed by atoms with E-state index >= 15 is 0 Å². The number of aryl methyl sites for hydroxylation is 1. The lowest BCUT2D eigenvalue weighted by Crippen LogP contribution is -1.95. The van der Waals surface area contributed by atoms with Gasteiger partial charge < -0.3 is 13.6 Å². The Labute approximate surface area is 340 Å². The van der Waals surface area contributed by atoms with Gasteiger partial charge in [-0.15, -0.1) is 0 Å². The van der Waals surface area contributed by atoms with Crippen molar-refractivity contribution in [3.05, 3.63) is 142 Å². The molecular formula is C46H52N6O5S. The highest BCUT2D eigenvalue weighted by Gasteiger charge is 2.11. The predicted octanol–water partition coefficient (Wildman–Crippen LogP) is 15.1. The number of benzene rings is 5. The summed E-state index contributed by atoms with van der Waals surface area (Å²) in [5.74, 6) is 0. The van der Waals surface area contributed by atoms with E-state index in [1.165, 1.54) is 93.5 Å². The normalized spacial score (nSPS) is 12.1. The first kappa shape index (κ1) is 43.4. The number of ether oxygens (including phenoxy) is 1. The number of hydrogen-bond donors (Lipinski definition) is 0. The van der Waals surface area contributed by atoms with Crippen molar-refractivity contribution in [1.29, 1.82) is 0 Å². The molecule has 0 N–H and O–H groups in total. The summed E-state index contributed by atoms with van der Waals surface area (Å²) in [5.41, 5.74) is 21.7. The zero-order valence-electron chi connectivity index (χ0n) is 33.2. The van der Waals surface area contributed by atoms with Gasteiger partial charge in [0.1, 0.15) is 22.3 Å². The lowest BCUT2D eigenvalue weighted by molar-refractivity contribution is 0.198. The van der Waals surface area contributed by atoms with Crippen LogP contribution in [0.15, 0.2) is 139 Å². The van der Waals surface area contributed by atoms with Crippen LogP contribution in [0.4, 0.5) is 5.69 Å². The Bertz CT molecular complexity index is 2470. The molecule has 58 heavy (non-hydrogen) atoms. The van der Waals surface area contributed by atoms with Gasteiger partial charge in [-0.1, -0.05) is 149 Å². The van der Waals surface area contributed by atoms with Crippen LogP contribution in [0.5, 0.6) is 0 Å². The fourth-order valence-electron chi connectivity index (χ4n) is 6.78. The summed E-state index contributed by atoms with van der Waals surface area (Å²) in [7, 11) is -3.86. The minimum Gasteiger partial charge on any atom is -0.456 e. The number of rotatable bonds is 14. The highest BCUT2D eigenvalue weighted by molar-refractivity contribution is 7.90. The molecule has 0 bridgehead atoms. The Morgan fingerprint density at radius 2 is 1.07 bits per heavy atom. The minimum atomic E-state index is -3.86. The van der Waals surface area contributed by atoms with Crippen LogP contribution in [0, 0.1) is 0 Å². The van der Waals surface area contributed by atoms with Crippen LogP contribution in [0.2, 0.25) is 0 Å². The summed E-state index contributed by atoms with van der Waals surface area (Å²) in [6, 6.07) is 36.1. The molecule has 5 aromatic carbocycles. The van der Waals surface area contributed by atoms with Crippen LogP contribution >= 0.6 is 0 Å². The number of azide groups is 2. The van der Waals surface area contributed by atoms with Crippen LogP contribution < -0.4 is 0 Å². The van der Waals surface area contributed by atoms with E-state index in [1.807, 2.05) is 72.8 Å². The van der Waals surface area contributed by atoms with Gasteiger partial charge in [0.05, 0.1) is 10.6 Å². The number of furan rings is 2. The third-order valence-corrected chi connectivity index (χ3v) is 11.0. The fraction of sp³-hybridized carbons (Fsp3) is 0.348. The van der Waals surface area contributed by atoms with E-state index in [-0.39, 0.29) is 4.90 Å². The molecule has 0 saturated carbocycles. The topological polar surface area (TPSA) is 167 Å². The molecule has 2 aromatic heterocycles. The maximum Gasteiger partial charge on any atom is 0.264 e. The average molecular weight is 801 g/mol. The summed E-state index contributed by atoms with van der Waals surface area (Å²) < 4.78 is 42.2. The Morgan fingerprint density at radius 3 is 1.59 bits per heavy atom. The molecule has 302 valence electrons. The van der Waals surface area contributed by atoms with Crippen molar-refractivity contribution in [2.24, 2.45) is 9.63 Å². The third kappa shape index (κ3) is 12.9. The molecule has 1 saturated heterocycles. The summed E-state index contributed by atoms with van der Waals surface area (Å²) in [6.45, 7) is 4.24. The number of para-hydroxylation sites is 4. The molecule has 0 unspecified atom stereocenters. The SMILES string of the molecule is C1CCOC1.CCCCCCCCCCCCc1ccc(S(=O)(=O)N=[N+]=[N-])cc1.[N-]=[N+]=Nc1cccc2c1oc1ccccc12.c1ccc2c(c1)oc1ccccc12. The van der Waals surface area contributed by atoms with E-state index in [0.29, 0.717) is 11.3 Å². The minimum absolute atomic E-state index is 0.0483. The van der Waals surface area contributed by atoms with E-state index in [1.54, 1.807) is 18.2 Å². The van der Waals surface area contributed by atoms with Crippen LogP contribution in [-0.4, -0.2) is 21.6 Å². The molecule has 1 aliphatic rings. The molecule has 8 rings (SSSR count). The molecule has 0 amide bonds. The van der Waals surface area contributed by atoms with Crippen molar-refractivity contribution in [3.63, 3.8) is 0 Å². The standard InChI is InChI=1S/C18H29N3O2S.C12H7N3O.C12H8O.C4H8O/c1-2-3-4-5-6-7-8-9-10-11-12-17-13-15-18(16-14-17)24(22,23)21-20-19;13-15-14-10-6-3-5-9-8-4-1-2-7-11(8)16-12(9)10;1-3-7-11-9(5-1)10-6-2-4-8-12(10)13-11;1-2-4-5-3-1/h13-16H,2-12H2,1H3;1-7H;1-8H;1-4H2. The second-order valence-electron chi connectivity index (χ2n) is 14.1. The zero-order valence-corrected chi connectivity index (χ0v) is 34.0. The van der Waals surface area contributed by atoms with Gasteiger partial charge >= 0.3 is 0 Å². The molecule has 12 heteroatoms. The quantitative estimate of drug-likeness (QED) is 0.0461. The first-order chi connectivity index (χ1) is 28.4. The number of hydrogen-bond acceptors (Lipinski definition) is 6. The van der Waals surface area contributed by atoms with Crippen LogP contribution in [-0.2, 0) is 21.2 Å². The molecule has 7 aromatic rings. The Balaban J connectivity index is 0.000000161. The van der Waals surface area contributed by atoms with Gasteiger partial charge in [-0.3, -0.25) is 0 Å². The summed E-state index contributed by atoms with van der Waals surface area (Å²) in [4.78, 5) is 5.19. The van der Waals surface area contributed by atoms with Crippen molar-refractivity contribution >= 4 is 59.6 Å². The smallest absolute Gasteiger partial charge is 0.264 e. The van der Waals surface area contributed by atoms with E-state index < -0.39 is 10.0 Å². The van der Waals surface area contributed by atoms with Gasteiger partial charge in [0.25, 0.3) is 10.0 Å². The van der Waals surface area contributed by atoms with Crippen LogP contribution in [0.1, 0.15) is 89.5 Å². The van der Waals surface area contributed by atoms with Crippen LogP contribution in [0.25, 0.3) is 64.8 Å². The second kappa shape index (κ2) is 23.5. The lowest BCUT2D eigenvalue weighted by atomic mass is 10.0. The van der Waals surface area contributed by atoms with Gasteiger partial charge in [0, 0.05) is 49.1 Å². The monoisotopic (exact) mass is 800 g/mol. The molecule has 1 aliphatic heterocycles. The predicted molar refractivity (Wildman–Crippen MR) is 235 cm³/mol. The Kier molecular flexibility index (Phi) is 17.5. The Morgan fingerprint density at radius 1 is 0.569 bits per heavy atom. The molecule has 0 atom stereocenters. The van der Waals surface area contributed by atoms with E-state index in [4.69, 9.17) is 24.6 Å². The molecular weight excluding hydrogens is 749 g/mol. The van der Waals surface area contributed by atoms with Gasteiger partial charge in [0.15, 0.2) is 0 Å². The molecule has 11 nitrogen and oxygen atoms in total. The molecule has 0 spiro atoms. The molecule has 3 heterocycles. The van der Waals surface area contributed by atoms with E-state index in [0.717, 1.165) is 59.1 Å². The second-order valence-corrected chi connectivity index (χ2v) is 15.7. The summed E-state index contributed by atoms with van der Waals surface area (Å²) in [5, 5.41) is 8.01. The lowest BCUT2D eigenvalue weighted by Gasteiger charge is -2.04. The number of unbranched alkanes of at least 4 members (excludes halogenated alkanes) is 9.